The molecular weight excluding hydrogens is 494 g/mol. The van der Waals surface area contributed by atoms with E-state index in [9.17, 15) is 18.0 Å². The van der Waals surface area contributed by atoms with E-state index >= 15 is 0 Å². The maximum atomic E-state index is 13.3. The Hall–Kier alpha value is -4.05. The number of rotatable bonds is 8. The van der Waals surface area contributed by atoms with Crippen molar-refractivity contribution in [3.05, 3.63) is 83.9 Å². The molecule has 2 atom stereocenters. The Morgan fingerprint density at radius 1 is 0.892 bits per heavy atom. The van der Waals surface area contributed by atoms with Gasteiger partial charge in [0.25, 0.3) is 5.91 Å². The van der Waals surface area contributed by atoms with Gasteiger partial charge in [-0.15, -0.1) is 0 Å². The quantitative estimate of drug-likeness (QED) is 0.465. The van der Waals surface area contributed by atoms with Gasteiger partial charge in [-0.1, -0.05) is 42.5 Å². The number of hydrogen-bond donors (Lipinski definition) is 2. The molecule has 0 bridgehead atoms. The Labute approximate surface area is 216 Å². The lowest BCUT2D eigenvalue weighted by molar-refractivity contribution is -0.116. The predicted octanol–water partition coefficient (Wildman–Crippen LogP) is 3.74. The molecule has 2 amide bonds. The summed E-state index contributed by atoms with van der Waals surface area (Å²) in [5.41, 5.74) is 1.73. The number of benzene rings is 3. The first-order chi connectivity index (χ1) is 17.6. The van der Waals surface area contributed by atoms with Crippen molar-refractivity contribution in [1.82, 2.24) is 5.32 Å². The lowest BCUT2D eigenvalue weighted by Gasteiger charge is -2.29. The van der Waals surface area contributed by atoms with Crippen LogP contribution in [0.25, 0.3) is 0 Å². The SMILES string of the molecule is C[C@H](C(=O)Nc1ccccc1C(=O)N[C@H](C)c1ccccc1)N(c1ccc2c(c1)OCCO2)S(C)(=O)=O. The molecule has 37 heavy (non-hydrogen) atoms. The standard InChI is InChI=1S/C27H29N3O6S/c1-18(20-9-5-4-6-10-20)28-27(32)22-11-7-8-12-23(22)29-26(31)19(2)30(37(3,33)34)21-13-14-24-25(17-21)36-16-15-35-24/h4-14,17-19H,15-16H2,1-3H3,(H,28,32)(H,29,31)/t18-,19-/m1/s1. The number of amides is 2. The molecule has 0 aliphatic carbocycles. The van der Waals surface area contributed by atoms with E-state index in [4.69, 9.17) is 9.47 Å². The lowest BCUT2D eigenvalue weighted by atomic mass is 10.1. The van der Waals surface area contributed by atoms with Crippen molar-refractivity contribution in [2.24, 2.45) is 0 Å². The summed E-state index contributed by atoms with van der Waals surface area (Å²) in [5, 5.41) is 5.66. The summed E-state index contributed by atoms with van der Waals surface area (Å²) in [7, 11) is -3.86. The predicted molar refractivity (Wildman–Crippen MR) is 142 cm³/mol. The minimum atomic E-state index is -3.86. The van der Waals surface area contributed by atoms with Gasteiger partial charge < -0.3 is 20.1 Å². The first-order valence-electron chi connectivity index (χ1n) is 11.8. The van der Waals surface area contributed by atoms with E-state index < -0.39 is 22.0 Å². The van der Waals surface area contributed by atoms with Crippen LogP contribution in [0.3, 0.4) is 0 Å². The Bertz CT molecular complexity index is 1390. The van der Waals surface area contributed by atoms with Crippen molar-refractivity contribution in [3.8, 4) is 11.5 Å². The number of sulfonamides is 1. The van der Waals surface area contributed by atoms with Gasteiger partial charge in [-0.05, 0) is 43.7 Å². The largest absolute Gasteiger partial charge is 0.486 e. The monoisotopic (exact) mass is 523 g/mol. The molecule has 1 heterocycles. The molecule has 1 aliphatic heterocycles. The molecular formula is C27H29N3O6S. The van der Waals surface area contributed by atoms with E-state index in [1.54, 1.807) is 36.4 Å². The van der Waals surface area contributed by atoms with Crippen LogP contribution < -0.4 is 24.4 Å². The van der Waals surface area contributed by atoms with Gasteiger partial charge in [-0.3, -0.25) is 13.9 Å². The number of para-hydroxylation sites is 1. The summed E-state index contributed by atoms with van der Waals surface area (Å²) in [6.07, 6.45) is 1.03. The van der Waals surface area contributed by atoms with E-state index in [0.717, 1.165) is 16.1 Å². The normalized spacial score (nSPS) is 14.2. The van der Waals surface area contributed by atoms with E-state index in [-0.39, 0.29) is 28.9 Å². The molecule has 0 aromatic heterocycles. The van der Waals surface area contributed by atoms with E-state index in [1.807, 2.05) is 37.3 Å². The minimum absolute atomic E-state index is 0.257. The number of anilines is 2. The maximum absolute atomic E-state index is 13.3. The Kier molecular flexibility index (Phi) is 7.68. The van der Waals surface area contributed by atoms with Crippen molar-refractivity contribution in [2.75, 3.05) is 29.1 Å². The molecule has 3 aromatic rings. The molecule has 1 aliphatic rings. The molecule has 3 aromatic carbocycles. The molecule has 9 nitrogen and oxygen atoms in total. The zero-order chi connectivity index (χ0) is 26.6. The molecule has 0 spiro atoms. The topological polar surface area (TPSA) is 114 Å². The number of carbonyl (C=O) groups is 2. The molecule has 0 fully saturated rings. The summed E-state index contributed by atoms with van der Waals surface area (Å²) in [4.78, 5) is 26.3. The van der Waals surface area contributed by atoms with Crippen LogP contribution in [0.1, 0.15) is 35.8 Å². The first kappa shape index (κ1) is 26.0. The van der Waals surface area contributed by atoms with Gasteiger partial charge in [-0.25, -0.2) is 8.42 Å². The lowest BCUT2D eigenvalue weighted by Crippen LogP contribution is -2.45. The number of nitrogens with zero attached hydrogens (tertiary/aromatic N) is 1. The maximum Gasteiger partial charge on any atom is 0.253 e. The highest BCUT2D eigenvalue weighted by Gasteiger charge is 2.31. The zero-order valence-corrected chi connectivity index (χ0v) is 21.6. The van der Waals surface area contributed by atoms with Crippen molar-refractivity contribution >= 4 is 33.2 Å². The molecule has 10 heteroatoms. The second-order valence-corrected chi connectivity index (χ2v) is 10.6. The van der Waals surface area contributed by atoms with Gasteiger partial charge in [0.2, 0.25) is 15.9 Å². The van der Waals surface area contributed by atoms with Crippen molar-refractivity contribution in [3.63, 3.8) is 0 Å². The van der Waals surface area contributed by atoms with Gasteiger partial charge >= 0.3 is 0 Å². The fraction of sp³-hybridized carbons (Fsp3) is 0.259. The summed E-state index contributed by atoms with van der Waals surface area (Å²) < 4.78 is 37.6. The highest BCUT2D eigenvalue weighted by molar-refractivity contribution is 7.92. The fourth-order valence-electron chi connectivity index (χ4n) is 4.10. The highest BCUT2D eigenvalue weighted by atomic mass is 32.2. The number of ether oxygens (including phenoxy) is 2. The summed E-state index contributed by atoms with van der Waals surface area (Å²) in [6.45, 7) is 4.09. The average Bonchev–Trinajstić information content (AvgIpc) is 2.88. The Morgan fingerprint density at radius 2 is 1.54 bits per heavy atom. The van der Waals surface area contributed by atoms with Gasteiger partial charge in [0.15, 0.2) is 11.5 Å². The molecule has 0 saturated carbocycles. The second kappa shape index (κ2) is 10.9. The molecule has 0 saturated heterocycles. The van der Waals surface area contributed by atoms with Crippen LogP contribution in [-0.2, 0) is 14.8 Å². The number of carbonyl (C=O) groups excluding carboxylic acids is 2. The third-order valence-corrected chi connectivity index (χ3v) is 7.19. The molecule has 2 N–H and O–H groups in total. The molecule has 4 rings (SSSR count). The van der Waals surface area contributed by atoms with Crippen LogP contribution in [0, 0.1) is 0 Å². The number of hydrogen-bond acceptors (Lipinski definition) is 6. The first-order valence-corrected chi connectivity index (χ1v) is 13.6. The van der Waals surface area contributed by atoms with Crippen molar-refractivity contribution < 1.29 is 27.5 Å². The third-order valence-electron chi connectivity index (χ3n) is 5.95. The van der Waals surface area contributed by atoms with Gasteiger partial charge in [-0.2, -0.15) is 0 Å². The smallest absolute Gasteiger partial charge is 0.253 e. The van der Waals surface area contributed by atoms with E-state index in [0.29, 0.717) is 24.7 Å². The summed E-state index contributed by atoms with van der Waals surface area (Å²) in [5.74, 6) is -0.0619. The van der Waals surface area contributed by atoms with Crippen LogP contribution in [-0.4, -0.2) is 45.7 Å². The van der Waals surface area contributed by atoms with Crippen molar-refractivity contribution in [2.45, 2.75) is 25.9 Å². The number of nitrogens with one attached hydrogen (secondary N) is 2. The van der Waals surface area contributed by atoms with Gasteiger partial charge in [0.05, 0.1) is 29.2 Å². The summed E-state index contributed by atoms with van der Waals surface area (Å²) >= 11 is 0. The second-order valence-electron chi connectivity index (χ2n) is 8.70. The third kappa shape index (κ3) is 6.03. The highest BCUT2D eigenvalue weighted by Crippen LogP contribution is 2.35. The Morgan fingerprint density at radius 3 is 2.24 bits per heavy atom. The summed E-state index contributed by atoms with van der Waals surface area (Å²) in [6, 6.07) is 19.4. The van der Waals surface area contributed by atoms with Crippen LogP contribution >= 0.6 is 0 Å². The van der Waals surface area contributed by atoms with Gasteiger partial charge in [0, 0.05) is 6.07 Å². The average molecular weight is 524 g/mol. The van der Waals surface area contributed by atoms with Gasteiger partial charge in [0.1, 0.15) is 19.3 Å². The minimum Gasteiger partial charge on any atom is -0.486 e. The molecule has 0 radical (unpaired) electrons. The van der Waals surface area contributed by atoms with E-state index in [2.05, 4.69) is 10.6 Å². The van der Waals surface area contributed by atoms with Crippen LogP contribution in [0.2, 0.25) is 0 Å². The number of fused-ring (bicyclic) bond motifs is 1. The molecule has 0 unspecified atom stereocenters. The van der Waals surface area contributed by atoms with Crippen LogP contribution in [0.15, 0.2) is 72.8 Å². The molecule has 194 valence electrons. The van der Waals surface area contributed by atoms with Crippen molar-refractivity contribution in [1.29, 1.82) is 0 Å². The van der Waals surface area contributed by atoms with Crippen LogP contribution in [0.5, 0.6) is 11.5 Å². The zero-order valence-electron chi connectivity index (χ0n) is 20.8. The van der Waals surface area contributed by atoms with E-state index in [1.165, 1.54) is 13.0 Å². The van der Waals surface area contributed by atoms with Crippen LogP contribution in [0.4, 0.5) is 11.4 Å². The Balaban J connectivity index is 1.55. The fourth-order valence-corrected chi connectivity index (χ4v) is 5.27.